The Balaban J connectivity index is 2.04. The molecule has 0 aliphatic rings. The van der Waals surface area contributed by atoms with E-state index in [0.29, 0.717) is 16.3 Å². The number of nitrogens with one attached hydrogen (secondary N) is 1. The van der Waals surface area contributed by atoms with Gasteiger partial charge >= 0.3 is 6.18 Å². The number of nitrogens with zero attached hydrogens (tertiary/aromatic N) is 1. The molecule has 0 fully saturated rings. The second kappa shape index (κ2) is 5.96. The van der Waals surface area contributed by atoms with E-state index in [2.05, 4.69) is 10.5 Å². The molecular formula is C14H10ClF3N2. The molecule has 1 N–H and O–H groups in total. The maximum Gasteiger partial charge on any atom is 0.416 e. The lowest BCUT2D eigenvalue weighted by Crippen LogP contribution is -2.04. The molecule has 0 amide bonds. The minimum atomic E-state index is -4.33. The monoisotopic (exact) mass is 298 g/mol. The minimum Gasteiger partial charge on any atom is -0.277 e. The highest BCUT2D eigenvalue weighted by Gasteiger charge is 2.29. The molecule has 20 heavy (non-hydrogen) atoms. The van der Waals surface area contributed by atoms with E-state index in [1.54, 1.807) is 24.3 Å². The Morgan fingerprint density at radius 2 is 1.65 bits per heavy atom. The molecule has 0 bridgehead atoms. The second-order valence-corrected chi connectivity index (χ2v) is 4.38. The van der Waals surface area contributed by atoms with E-state index in [4.69, 9.17) is 11.6 Å². The quantitative estimate of drug-likeness (QED) is 0.638. The number of para-hydroxylation sites is 1. The topological polar surface area (TPSA) is 24.4 Å². The summed E-state index contributed by atoms with van der Waals surface area (Å²) in [6.45, 7) is 0. The number of hydrazone groups is 1. The van der Waals surface area contributed by atoms with Gasteiger partial charge in [0.25, 0.3) is 0 Å². The van der Waals surface area contributed by atoms with Crippen molar-refractivity contribution in [2.75, 3.05) is 5.43 Å². The van der Waals surface area contributed by atoms with Crippen LogP contribution in [0.25, 0.3) is 0 Å². The molecule has 0 saturated heterocycles. The highest BCUT2D eigenvalue weighted by Crippen LogP contribution is 2.28. The van der Waals surface area contributed by atoms with Crippen LogP contribution in [-0.4, -0.2) is 6.21 Å². The van der Waals surface area contributed by atoms with Gasteiger partial charge in [-0.1, -0.05) is 35.9 Å². The molecule has 0 atom stereocenters. The van der Waals surface area contributed by atoms with Crippen molar-refractivity contribution < 1.29 is 13.2 Å². The van der Waals surface area contributed by atoms with E-state index in [0.717, 1.165) is 12.1 Å². The predicted molar refractivity (Wildman–Crippen MR) is 74.1 cm³/mol. The maximum absolute atomic E-state index is 12.4. The van der Waals surface area contributed by atoms with E-state index in [-0.39, 0.29) is 0 Å². The van der Waals surface area contributed by atoms with Gasteiger partial charge in [-0.2, -0.15) is 18.3 Å². The first-order valence-electron chi connectivity index (χ1n) is 5.68. The van der Waals surface area contributed by atoms with Crippen LogP contribution in [-0.2, 0) is 6.18 Å². The fourth-order valence-corrected chi connectivity index (χ4v) is 1.66. The summed E-state index contributed by atoms with van der Waals surface area (Å²) >= 11 is 5.92. The van der Waals surface area contributed by atoms with Crippen molar-refractivity contribution in [1.82, 2.24) is 0 Å². The number of anilines is 1. The number of alkyl halides is 3. The van der Waals surface area contributed by atoms with Crippen LogP contribution in [0.5, 0.6) is 0 Å². The lowest BCUT2D eigenvalue weighted by Gasteiger charge is -2.06. The molecule has 0 saturated carbocycles. The molecule has 0 aromatic heterocycles. The Kier molecular flexibility index (Phi) is 4.29. The van der Waals surface area contributed by atoms with E-state index >= 15 is 0 Å². The lowest BCUT2D eigenvalue weighted by molar-refractivity contribution is -0.137. The van der Waals surface area contributed by atoms with Gasteiger partial charge < -0.3 is 0 Å². The van der Waals surface area contributed by atoms with Gasteiger partial charge in [0, 0.05) is 0 Å². The number of halogens is 4. The molecule has 0 aliphatic heterocycles. The van der Waals surface area contributed by atoms with Crippen LogP contribution < -0.4 is 5.43 Å². The SMILES string of the molecule is FC(F)(F)c1ccc(/C=N/Nc2ccccc2Cl)cc1. The summed E-state index contributed by atoms with van der Waals surface area (Å²) in [5.74, 6) is 0. The van der Waals surface area contributed by atoms with E-state index < -0.39 is 11.7 Å². The Morgan fingerprint density at radius 3 is 2.25 bits per heavy atom. The molecule has 2 aromatic rings. The van der Waals surface area contributed by atoms with Crippen molar-refractivity contribution in [3.63, 3.8) is 0 Å². The third-order valence-electron chi connectivity index (χ3n) is 2.51. The standard InChI is InChI=1S/C14H10ClF3N2/c15-12-3-1-2-4-13(12)20-19-9-10-5-7-11(8-6-10)14(16,17)18/h1-9,20H/b19-9+. The van der Waals surface area contributed by atoms with Gasteiger partial charge in [-0.3, -0.25) is 5.43 Å². The zero-order valence-corrected chi connectivity index (χ0v) is 10.9. The minimum absolute atomic E-state index is 0.511. The Morgan fingerprint density at radius 1 is 1.00 bits per heavy atom. The van der Waals surface area contributed by atoms with Gasteiger partial charge in [-0.15, -0.1) is 0 Å². The number of hydrogen-bond acceptors (Lipinski definition) is 2. The number of hydrogen-bond donors (Lipinski definition) is 1. The van der Waals surface area contributed by atoms with Gasteiger partial charge in [0.15, 0.2) is 0 Å². The summed E-state index contributed by atoms with van der Waals surface area (Å²) in [7, 11) is 0. The average molecular weight is 299 g/mol. The number of rotatable bonds is 3. The van der Waals surface area contributed by atoms with Crippen molar-refractivity contribution in [3.05, 3.63) is 64.7 Å². The molecule has 2 aromatic carbocycles. The van der Waals surface area contributed by atoms with Crippen LogP contribution in [0.3, 0.4) is 0 Å². The zero-order valence-electron chi connectivity index (χ0n) is 10.2. The highest BCUT2D eigenvalue weighted by molar-refractivity contribution is 6.33. The third-order valence-corrected chi connectivity index (χ3v) is 2.84. The highest BCUT2D eigenvalue weighted by atomic mass is 35.5. The number of benzene rings is 2. The average Bonchev–Trinajstić information content (AvgIpc) is 2.40. The van der Waals surface area contributed by atoms with Gasteiger partial charge in [0.2, 0.25) is 0 Å². The van der Waals surface area contributed by atoms with Crippen LogP contribution in [0, 0.1) is 0 Å². The zero-order chi connectivity index (χ0) is 14.6. The van der Waals surface area contributed by atoms with Gasteiger partial charge in [-0.25, -0.2) is 0 Å². The summed E-state index contributed by atoms with van der Waals surface area (Å²) in [4.78, 5) is 0. The van der Waals surface area contributed by atoms with Gasteiger partial charge in [-0.05, 0) is 29.8 Å². The molecule has 6 heteroatoms. The maximum atomic E-state index is 12.4. The van der Waals surface area contributed by atoms with Crippen LogP contribution >= 0.6 is 11.6 Å². The third kappa shape index (κ3) is 3.74. The summed E-state index contributed by atoms with van der Waals surface area (Å²) < 4.78 is 37.1. The van der Waals surface area contributed by atoms with E-state index in [1.165, 1.54) is 18.3 Å². The van der Waals surface area contributed by atoms with Gasteiger partial charge in [0.1, 0.15) is 0 Å². The van der Waals surface area contributed by atoms with Crippen molar-refractivity contribution in [2.45, 2.75) is 6.18 Å². The molecule has 0 radical (unpaired) electrons. The normalized spacial score (nSPS) is 11.8. The van der Waals surface area contributed by atoms with Crippen LogP contribution in [0.15, 0.2) is 53.6 Å². The van der Waals surface area contributed by atoms with E-state index in [1.807, 2.05) is 0 Å². The molecule has 0 heterocycles. The first-order valence-corrected chi connectivity index (χ1v) is 6.05. The molecular weight excluding hydrogens is 289 g/mol. The Hall–Kier alpha value is -2.01. The lowest BCUT2D eigenvalue weighted by atomic mass is 10.1. The van der Waals surface area contributed by atoms with Crippen LogP contribution in [0.2, 0.25) is 5.02 Å². The fourth-order valence-electron chi connectivity index (χ4n) is 1.49. The predicted octanol–water partition coefficient (Wildman–Crippen LogP) is 4.80. The first-order chi connectivity index (χ1) is 9.47. The first kappa shape index (κ1) is 14.4. The largest absolute Gasteiger partial charge is 0.416 e. The molecule has 2 rings (SSSR count). The molecule has 0 unspecified atom stereocenters. The molecule has 0 aliphatic carbocycles. The second-order valence-electron chi connectivity index (χ2n) is 3.97. The molecule has 0 spiro atoms. The van der Waals surface area contributed by atoms with Crippen molar-refractivity contribution in [3.8, 4) is 0 Å². The molecule has 104 valence electrons. The van der Waals surface area contributed by atoms with Crippen molar-refractivity contribution in [1.29, 1.82) is 0 Å². The van der Waals surface area contributed by atoms with Gasteiger partial charge in [0.05, 0.1) is 22.5 Å². The summed E-state index contributed by atoms with van der Waals surface area (Å²) in [5.41, 5.74) is 3.21. The summed E-state index contributed by atoms with van der Waals surface area (Å²) in [6.07, 6.45) is -2.91. The summed E-state index contributed by atoms with van der Waals surface area (Å²) in [6, 6.07) is 11.7. The Labute approximate surface area is 118 Å². The van der Waals surface area contributed by atoms with Crippen LogP contribution in [0.4, 0.5) is 18.9 Å². The van der Waals surface area contributed by atoms with Crippen molar-refractivity contribution >= 4 is 23.5 Å². The summed E-state index contributed by atoms with van der Waals surface area (Å²) in [5, 5.41) is 4.44. The fraction of sp³-hybridized carbons (Fsp3) is 0.0714. The Bertz CT molecular complexity index is 607. The van der Waals surface area contributed by atoms with Crippen molar-refractivity contribution in [2.24, 2.45) is 5.10 Å². The van der Waals surface area contributed by atoms with E-state index in [9.17, 15) is 13.2 Å². The molecule has 2 nitrogen and oxygen atoms in total. The van der Waals surface area contributed by atoms with Crippen LogP contribution in [0.1, 0.15) is 11.1 Å². The smallest absolute Gasteiger partial charge is 0.277 e.